The van der Waals surface area contributed by atoms with Crippen LogP contribution in [0.15, 0.2) is 60.4 Å². The van der Waals surface area contributed by atoms with E-state index in [2.05, 4.69) is 80.2 Å². The molecule has 0 saturated carbocycles. The number of likely N-dealkylation sites (tertiary alicyclic amines) is 1. The van der Waals surface area contributed by atoms with Crippen LogP contribution in [0, 0.1) is 11.8 Å². The van der Waals surface area contributed by atoms with Crippen molar-refractivity contribution >= 4 is 34.9 Å². The van der Waals surface area contributed by atoms with E-state index in [1.807, 2.05) is 18.5 Å². The Labute approximate surface area is 371 Å². The van der Waals surface area contributed by atoms with Gasteiger partial charge in [0, 0.05) is 113 Å². The third kappa shape index (κ3) is 8.53. The number of aromatic nitrogens is 2. The molecular weight excluding hydrogens is 794 g/mol. The van der Waals surface area contributed by atoms with Gasteiger partial charge in [-0.3, -0.25) is 29.5 Å². The quantitative estimate of drug-likeness (QED) is 0.235. The lowest BCUT2D eigenvalue weighted by Crippen LogP contribution is -2.60. The summed E-state index contributed by atoms with van der Waals surface area (Å²) in [6.45, 7) is 14.9. The molecule has 3 atom stereocenters. The van der Waals surface area contributed by atoms with Crippen molar-refractivity contribution < 1.29 is 18.8 Å². The Kier molecular flexibility index (Phi) is 11.4. The average molecular weight is 858 g/mol. The van der Waals surface area contributed by atoms with Gasteiger partial charge >= 0.3 is 0 Å². The largest absolute Gasteiger partial charge is 0.372 e. The molecule has 12 nitrogen and oxygen atoms in total. The molecule has 0 spiro atoms. The fourth-order valence-electron chi connectivity index (χ4n) is 11.9. The van der Waals surface area contributed by atoms with E-state index in [0.717, 1.165) is 114 Å². The average Bonchev–Trinajstić information content (AvgIpc) is 3.78. The highest BCUT2D eigenvalue weighted by atomic mass is 19.1. The van der Waals surface area contributed by atoms with Crippen LogP contribution in [-0.4, -0.2) is 137 Å². The number of likely N-dealkylation sites (N-methyl/N-ethyl adjacent to an activating group) is 1. The van der Waals surface area contributed by atoms with E-state index in [9.17, 15) is 14.4 Å². The molecular formula is C50H64FN9O3. The summed E-state index contributed by atoms with van der Waals surface area (Å²) in [5.41, 5.74) is 8.07. The van der Waals surface area contributed by atoms with Gasteiger partial charge in [-0.15, -0.1) is 0 Å². The molecule has 6 aliphatic heterocycles. The van der Waals surface area contributed by atoms with Crippen molar-refractivity contribution in [2.24, 2.45) is 11.8 Å². The summed E-state index contributed by atoms with van der Waals surface area (Å²) >= 11 is 0. The highest BCUT2D eigenvalue weighted by Gasteiger charge is 2.42. The van der Waals surface area contributed by atoms with Gasteiger partial charge in [0.2, 0.25) is 17.8 Å². The number of nitrogens with zero attached hydrogens (tertiary/aromatic N) is 8. The summed E-state index contributed by atoms with van der Waals surface area (Å²) in [6.07, 6.45) is 11.1. The van der Waals surface area contributed by atoms with Crippen molar-refractivity contribution in [3.63, 3.8) is 0 Å². The molecule has 7 aliphatic rings. The SMILES string of the molecule is C[C@@H]1CC2=C(Cc3ccccc32)[C@@H](c2cnc(N3CCC(CN(C)C4CN(CC5CCN(c6ccc7c(c6)CN(C6CCC(=O)NC6=O)C7=O)CC5)C4)CC3)nc2)N1CC(C)(C)F. The smallest absolute Gasteiger partial charge is 0.255 e. The third-order valence-corrected chi connectivity index (χ3v) is 15.4. The van der Waals surface area contributed by atoms with Crippen LogP contribution in [0.5, 0.6) is 0 Å². The number of alkyl halides is 1. The first-order chi connectivity index (χ1) is 30.3. The van der Waals surface area contributed by atoms with Crippen LogP contribution in [0.25, 0.3) is 5.57 Å². The van der Waals surface area contributed by atoms with Gasteiger partial charge in [-0.2, -0.15) is 0 Å². The van der Waals surface area contributed by atoms with Crippen molar-refractivity contribution in [1.29, 1.82) is 0 Å². The molecule has 63 heavy (non-hydrogen) atoms. The van der Waals surface area contributed by atoms with Crippen LogP contribution >= 0.6 is 0 Å². The molecule has 4 saturated heterocycles. The Morgan fingerprint density at radius 3 is 2.32 bits per heavy atom. The maximum Gasteiger partial charge on any atom is 0.255 e. The van der Waals surface area contributed by atoms with Gasteiger partial charge in [0.05, 0.1) is 6.04 Å². The Morgan fingerprint density at radius 2 is 1.59 bits per heavy atom. The van der Waals surface area contributed by atoms with Crippen molar-refractivity contribution in [2.45, 2.75) is 109 Å². The van der Waals surface area contributed by atoms with E-state index in [1.165, 1.54) is 22.3 Å². The minimum Gasteiger partial charge on any atom is -0.372 e. The number of nitrogens with one attached hydrogen (secondary N) is 1. The second-order valence-corrected chi connectivity index (χ2v) is 20.4. The highest BCUT2D eigenvalue weighted by molar-refractivity contribution is 6.05. The lowest BCUT2D eigenvalue weighted by molar-refractivity contribution is -0.136. The second kappa shape index (κ2) is 17.0. The predicted octanol–water partition coefficient (Wildman–Crippen LogP) is 5.88. The zero-order valence-corrected chi connectivity index (χ0v) is 37.6. The van der Waals surface area contributed by atoms with E-state index in [0.29, 0.717) is 43.0 Å². The molecule has 10 rings (SSSR count). The normalized spacial score (nSPS) is 25.5. The van der Waals surface area contributed by atoms with Gasteiger partial charge in [-0.1, -0.05) is 24.3 Å². The molecule has 0 bridgehead atoms. The molecule has 2 aromatic carbocycles. The predicted molar refractivity (Wildman–Crippen MR) is 243 cm³/mol. The van der Waals surface area contributed by atoms with E-state index in [4.69, 9.17) is 9.97 Å². The molecule has 3 aromatic rings. The van der Waals surface area contributed by atoms with Crippen LogP contribution in [0.4, 0.5) is 16.0 Å². The van der Waals surface area contributed by atoms with E-state index in [1.54, 1.807) is 18.7 Å². The molecule has 3 amide bonds. The van der Waals surface area contributed by atoms with Gasteiger partial charge < -0.3 is 19.6 Å². The minimum absolute atomic E-state index is 0.0305. The number of hydrogen-bond donors (Lipinski definition) is 1. The lowest BCUT2D eigenvalue weighted by atomic mass is 9.85. The first-order valence-corrected chi connectivity index (χ1v) is 23.6. The van der Waals surface area contributed by atoms with Gasteiger partial charge in [0.15, 0.2) is 0 Å². The molecule has 1 aromatic heterocycles. The minimum atomic E-state index is -1.31. The number of rotatable bonds is 11. The van der Waals surface area contributed by atoms with Crippen LogP contribution in [0.1, 0.15) is 104 Å². The number of halogens is 1. The van der Waals surface area contributed by atoms with E-state index >= 15 is 4.39 Å². The van der Waals surface area contributed by atoms with Crippen molar-refractivity contribution in [3.8, 4) is 0 Å². The summed E-state index contributed by atoms with van der Waals surface area (Å²) in [5, 5.41) is 2.39. The third-order valence-electron chi connectivity index (χ3n) is 15.4. The molecule has 1 aliphatic carbocycles. The summed E-state index contributed by atoms with van der Waals surface area (Å²) in [6, 6.07) is 15.1. The Balaban J connectivity index is 0.667. The topological polar surface area (TPSA) is 108 Å². The van der Waals surface area contributed by atoms with Gasteiger partial charge in [-0.05, 0) is 131 Å². The zero-order chi connectivity index (χ0) is 43.6. The molecule has 0 radical (unpaired) electrons. The van der Waals surface area contributed by atoms with Crippen molar-refractivity contribution in [1.82, 2.24) is 34.9 Å². The summed E-state index contributed by atoms with van der Waals surface area (Å²) in [5.74, 6) is 1.41. The molecule has 1 N–H and O–H groups in total. The summed E-state index contributed by atoms with van der Waals surface area (Å²) in [7, 11) is 2.31. The molecule has 4 fully saturated rings. The van der Waals surface area contributed by atoms with E-state index < -0.39 is 11.7 Å². The van der Waals surface area contributed by atoms with Gasteiger partial charge in [0.25, 0.3) is 5.91 Å². The maximum atomic E-state index is 15.3. The number of fused-ring (bicyclic) bond motifs is 3. The van der Waals surface area contributed by atoms with Crippen LogP contribution in [-0.2, 0) is 22.6 Å². The molecule has 1 unspecified atom stereocenters. The van der Waals surface area contributed by atoms with E-state index in [-0.39, 0.29) is 36.2 Å². The summed E-state index contributed by atoms with van der Waals surface area (Å²) < 4.78 is 15.3. The molecule has 334 valence electrons. The van der Waals surface area contributed by atoms with Crippen LogP contribution in [0.2, 0.25) is 0 Å². The Hall–Kier alpha value is -4.72. The van der Waals surface area contributed by atoms with Crippen molar-refractivity contribution in [2.75, 3.05) is 75.8 Å². The maximum absolute atomic E-state index is 15.3. The molecule has 13 heteroatoms. The Bertz CT molecular complexity index is 2250. The van der Waals surface area contributed by atoms with Crippen molar-refractivity contribution in [3.05, 3.63) is 88.2 Å². The molecule has 7 heterocycles. The Morgan fingerprint density at radius 1 is 0.873 bits per heavy atom. The number of piperidine rings is 3. The number of amides is 3. The number of hydrogen-bond acceptors (Lipinski definition) is 10. The highest BCUT2D eigenvalue weighted by Crippen LogP contribution is 2.49. The number of carbonyl (C=O) groups is 3. The van der Waals surface area contributed by atoms with Crippen LogP contribution in [0.3, 0.4) is 0 Å². The lowest BCUT2D eigenvalue weighted by Gasteiger charge is -2.47. The second-order valence-electron chi connectivity index (χ2n) is 20.4. The first kappa shape index (κ1) is 42.2. The number of imide groups is 1. The standard InChI is InChI=1S/C50H64FN9O3/c1-32-21-42-40-8-6-5-7-35(40)23-43(42)46(60(32)31-50(2,3)51)37-24-52-49(53-25-37)58-19-15-33(16-20-58)26-55(4)39-29-56(30-39)27-34-13-17-57(18-14-34)38-9-10-41-36(22-38)28-59(48(41)63)44-11-12-45(61)54-47(44)62/h5-10,22,24-25,32-34,39,44,46H,11-21,23,26-31H2,1-4H3,(H,54,61,62)/t32-,44?,46-/m1/s1. The number of benzene rings is 2. The first-order valence-electron chi connectivity index (χ1n) is 23.6. The summed E-state index contributed by atoms with van der Waals surface area (Å²) in [4.78, 5) is 61.3. The monoisotopic (exact) mass is 858 g/mol. The fraction of sp³-hybridized carbons (Fsp3) is 0.580. The number of anilines is 2. The zero-order valence-electron chi connectivity index (χ0n) is 37.6. The van der Waals surface area contributed by atoms with Gasteiger partial charge in [0.1, 0.15) is 11.7 Å². The van der Waals surface area contributed by atoms with Gasteiger partial charge in [-0.25, -0.2) is 14.4 Å². The fourth-order valence-corrected chi connectivity index (χ4v) is 11.9. The van der Waals surface area contributed by atoms with Crippen LogP contribution < -0.4 is 15.1 Å². The number of carbonyl (C=O) groups excluding carboxylic acids is 3.